The molecule has 0 aromatic carbocycles. The first kappa shape index (κ1) is 10.8. The van der Waals surface area contributed by atoms with E-state index in [-0.39, 0.29) is 12.8 Å². The summed E-state index contributed by atoms with van der Waals surface area (Å²) >= 11 is 0. The van der Waals surface area contributed by atoms with Gasteiger partial charge in [0.25, 0.3) is 0 Å². The van der Waals surface area contributed by atoms with E-state index in [4.69, 9.17) is 0 Å². The highest BCUT2D eigenvalue weighted by Crippen LogP contribution is 2.45. The molecule has 1 rings (SSSR count). The number of nitrogens with one attached hydrogen (secondary N) is 1. The van der Waals surface area contributed by atoms with Crippen LogP contribution < -0.4 is 5.32 Å². The number of alkyl halides is 3. The standard InChI is InChI=1S/C9H15F3N/c1-7(2)6-13-8(4-3-5-8)9(10,11)12/h13H,3-6H2,1-2H3. The van der Waals surface area contributed by atoms with Crippen molar-refractivity contribution in [2.45, 2.75) is 44.8 Å². The van der Waals surface area contributed by atoms with Gasteiger partial charge < -0.3 is 5.32 Å². The summed E-state index contributed by atoms with van der Waals surface area (Å²) in [6, 6.07) is 0. The lowest BCUT2D eigenvalue weighted by atomic mass is 9.76. The molecule has 4 heteroatoms. The van der Waals surface area contributed by atoms with Crippen LogP contribution in [0.2, 0.25) is 0 Å². The van der Waals surface area contributed by atoms with Gasteiger partial charge in [0, 0.05) is 6.54 Å². The molecule has 0 saturated heterocycles. The van der Waals surface area contributed by atoms with Gasteiger partial charge in [-0.2, -0.15) is 13.2 Å². The Labute approximate surface area is 76.7 Å². The van der Waals surface area contributed by atoms with Crippen LogP contribution in [0.25, 0.3) is 0 Å². The monoisotopic (exact) mass is 194 g/mol. The zero-order chi connectivity index (χ0) is 10.1. The highest BCUT2D eigenvalue weighted by molar-refractivity contribution is 5.03. The van der Waals surface area contributed by atoms with E-state index in [0.29, 0.717) is 13.0 Å². The molecular formula is C9H15F3N. The maximum Gasteiger partial charge on any atom is 0.406 e. The van der Waals surface area contributed by atoms with Gasteiger partial charge in [-0.3, -0.25) is 0 Å². The van der Waals surface area contributed by atoms with Crippen molar-refractivity contribution in [3.8, 4) is 0 Å². The summed E-state index contributed by atoms with van der Waals surface area (Å²) < 4.78 is 37.6. The van der Waals surface area contributed by atoms with Crippen molar-refractivity contribution in [3.63, 3.8) is 0 Å². The van der Waals surface area contributed by atoms with Crippen molar-refractivity contribution < 1.29 is 13.2 Å². The molecule has 13 heavy (non-hydrogen) atoms. The zero-order valence-electron chi connectivity index (χ0n) is 7.96. The predicted molar refractivity (Wildman–Crippen MR) is 45.2 cm³/mol. The Kier molecular flexibility index (Phi) is 2.90. The van der Waals surface area contributed by atoms with Gasteiger partial charge >= 0.3 is 6.18 Å². The van der Waals surface area contributed by atoms with Gasteiger partial charge in [0.15, 0.2) is 0 Å². The van der Waals surface area contributed by atoms with Gasteiger partial charge in [0.05, 0.1) is 0 Å². The Morgan fingerprint density at radius 3 is 2.08 bits per heavy atom. The molecule has 0 bridgehead atoms. The van der Waals surface area contributed by atoms with Gasteiger partial charge in [-0.05, 0) is 25.2 Å². The molecule has 0 atom stereocenters. The second-order valence-corrected chi connectivity index (χ2v) is 3.99. The fourth-order valence-electron chi connectivity index (χ4n) is 1.44. The fourth-order valence-corrected chi connectivity index (χ4v) is 1.44. The molecule has 1 saturated carbocycles. The van der Waals surface area contributed by atoms with Crippen molar-refractivity contribution in [1.82, 2.24) is 5.32 Å². The van der Waals surface area contributed by atoms with E-state index in [2.05, 4.69) is 5.32 Å². The van der Waals surface area contributed by atoms with Crippen molar-refractivity contribution >= 4 is 0 Å². The van der Waals surface area contributed by atoms with Crippen LogP contribution in [0.3, 0.4) is 0 Å². The third-order valence-corrected chi connectivity index (χ3v) is 2.53. The molecule has 1 radical (unpaired) electrons. The smallest absolute Gasteiger partial charge is 0.303 e. The Bertz CT molecular complexity index is 170. The molecule has 1 N–H and O–H groups in total. The SMILES string of the molecule is C[C](C)CNC1(C(F)(F)F)CCC1. The quantitative estimate of drug-likeness (QED) is 0.728. The highest BCUT2D eigenvalue weighted by Gasteiger charge is 2.57. The van der Waals surface area contributed by atoms with Crippen molar-refractivity contribution in [1.29, 1.82) is 0 Å². The number of rotatable bonds is 3. The molecule has 1 fully saturated rings. The third kappa shape index (κ3) is 2.16. The molecule has 77 valence electrons. The van der Waals surface area contributed by atoms with E-state index >= 15 is 0 Å². The zero-order valence-corrected chi connectivity index (χ0v) is 7.96. The van der Waals surface area contributed by atoms with E-state index in [1.165, 1.54) is 0 Å². The van der Waals surface area contributed by atoms with Gasteiger partial charge in [-0.15, -0.1) is 0 Å². The molecule has 1 aliphatic carbocycles. The van der Waals surface area contributed by atoms with Crippen LogP contribution >= 0.6 is 0 Å². The topological polar surface area (TPSA) is 12.0 Å². The molecule has 0 aliphatic heterocycles. The van der Waals surface area contributed by atoms with Gasteiger partial charge in [0.1, 0.15) is 5.54 Å². The van der Waals surface area contributed by atoms with Gasteiger partial charge in [-0.1, -0.05) is 13.8 Å². The largest absolute Gasteiger partial charge is 0.406 e. The molecule has 0 aromatic rings. The second-order valence-electron chi connectivity index (χ2n) is 3.99. The summed E-state index contributed by atoms with van der Waals surface area (Å²) in [4.78, 5) is 0. The minimum atomic E-state index is -4.10. The average molecular weight is 194 g/mol. The maximum absolute atomic E-state index is 12.5. The van der Waals surface area contributed by atoms with Crippen LogP contribution in [0, 0.1) is 5.92 Å². The van der Waals surface area contributed by atoms with Crippen LogP contribution in [-0.4, -0.2) is 18.3 Å². The molecule has 0 aromatic heterocycles. The predicted octanol–water partition coefficient (Wildman–Crippen LogP) is 2.68. The Morgan fingerprint density at radius 2 is 1.85 bits per heavy atom. The summed E-state index contributed by atoms with van der Waals surface area (Å²) in [6.45, 7) is 4.02. The molecule has 0 heterocycles. The number of halogens is 3. The van der Waals surface area contributed by atoms with Gasteiger partial charge in [0.2, 0.25) is 0 Å². The Balaban J connectivity index is 2.51. The number of hydrogen-bond donors (Lipinski definition) is 1. The Morgan fingerprint density at radius 1 is 1.31 bits per heavy atom. The molecule has 1 aliphatic rings. The molecule has 0 spiro atoms. The summed E-state index contributed by atoms with van der Waals surface area (Å²) in [5, 5.41) is 2.61. The van der Waals surface area contributed by atoms with Crippen molar-refractivity contribution in [2.75, 3.05) is 6.54 Å². The van der Waals surface area contributed by atoms with Crippen LogP contribution in [0.5, 0.6) is 0 Å². The molecular weight excluding hydrogens is 179 g/mol. The molecule has 0 amide bonds. The van der Waals surface area contributed by atoms with Crippen LogP contribution in [0.1, 0.15) is 33.1 Å². The van der Waals surface area contributed by atoms with Gasteiger partial charge in [-0.25, -0.2) is 0 Å². The fraction of sp³-hybridized carbons (Fsp3) is 0.889. The van der Waals surface area contributed by atoms with E-state index in [1.54, 1.807) is 0 Å². The van der Waals surface area contributed by atoms with E-state index in [0.717, 1.165) is 5.92 Å². The molecule has 1 nitrogen and oxygen atoms in total. The highest BCUT2D eigenvalue weighted by atomic mass is 19.4. The first-order valence-corrected chi connectivity index (χ1v) is 4.48. The average Bonchev–Trinajstić information content (AvgIpc) is 1.80. The summed E-state index contributed by atoms with van der Waals surface area (Å²) in [5.41, 5.74) is -1.58. The van der Waals surface area contributed by atoms with Crippen LogP contribution in [-0.2, 0) is 0 Å². The maximum atomic E-state index is 12.5. The van der Waals surface area contributed by atoms with Crippen molar-refractivity contribution in [3.05, 3.63) is 5.92 Å². The van der Waals surface area contributed by atoms with E-state index in [1.807, 2.05) is 13.8 Å². The first-order chi connectivity index (χ1) is 5.87. The van der Waals surface area contributed by atoms with E-state index in [9.17, 15) is 13.2 Å². The molecule has 0 unspecified atom stereocenters. The van der Waals surface area contributed by atoms with Crippen LogP contribution in [0.15, 0.2) is 0 Å². The minimum absolute atomic E-state index is 0.226. The summed E-state index contributed by atoms with van der Waals surface area (Å²) in [7, 11) is 0. The lowest BCUT2D eigenvalue weighted by Gasteiger charge is -2.44. The first-order valence-electron chi connectivity index (χ1n) is 4.48. The minimum Gasteiger partial charge on any atom is -0.303 e. The lowest BCUT2D eigenvalue weighted by Crippen LogP contribution is -2.61. The van der Waals surface area contributed by atoms with Crippen LogP contribution in [0.4, 0.5) is 13.2 Å². The Hall–Kier alpha value is -0.250. The van der Waals surface area contributed by atoms with Crippen molar-refractivity contribution in [2.24, 2.45) is 0 Å². The normalized spacial score (nSPS) is 21.7. The second kappa shape index (κ2) is 3.48. The summed E-state index contributed by atoms with van der Waals surface area (Å²) in [6.07, 6.45) is -2.97. The third-order valence-electron chi connectivity index (χ3n) is 2.53. The lowest BCUT2D eigenvalue weighted by molar-refractivity contribution is -0.218. The summed E-state index contributed by atoms with van der Waals surface area (Å²) in [5.74, 6) is 0.982. The number of hydrogen-bond acceptors (Lipinski definition) is 1. The van der Waals surface area contributed by atoms with E-state index < -0.39 is 11.7 Å².